The lowest BCUT2D eigenvalue weighted by Gasteiger charge is -2.09. The minimum Gasteiger partial charge on any atom is -0.502 e. The number of aromatic hydroxyl groups is 1. The molecule has 7 heteroatoms. The lowest BCUT2D eigenvalue weighted by atomic mass is 10.1. The first-order valence-corrected chi connectivity index (χ1v) is 6.10. The Morgan fingerprint density at radius 2 is 1.86 bits per heavy atom. The van der Waals surface area contributed by atoms with E-state index in [0.717, 1.165) is 6.08 Å². The molecule has 0 saturated heterocycles. The van der Waals surface area contributed by atoms with Crippen molar-refractivity contribution in [3.63, 3.8) is 0 Å². The van der Waals surface area contributed by atoms with E-state index < -0.39 is 18.7 Å². The zero-order valence-electron chi connectivity index (χ0n) is 11.8. The minimum absolute atomic E-state index is 0.134. The highest BCUT2D eigenvalue weighted by Gasteiger charge is 2.10. The molecule has 0 spiro atoms. The number of hydrogen-bond donors (Lipinski definition) is 3. The summed E-state index contributed by atoms with van der Waals surface area (Å²) in [5.41, 5.74) is 0.557. The van der Waals surface area contributed by atoms with E-state index in [4.69, 9.17) is 24.4 Å². The van der Waals surface area contributed by atoms with E-state index in [2.05, 4.69) is 0 Å². The second-order valence-corrected chi connectivity index (χ2v) is 4.07. The Morgan fingerprint density at radius 1 is 1.29 bits per heavy atom. The van der Waals surface area contributed by atoms with E-state index in [1.165, 1.54) is 32.4 Å². The zero-order chi connectivity index (χ0) is 15.8. The number of benzene rings is 1. The number of carbonyl (C=O) groups is 1. The normalized spacial score (nSPS) is 12.2. The molecule has 0 aliphatic rings. The Bertz CT molecular complexity index is 485. The van der Waals surface area contributed by atoms with E-state index in [9.17, 15) is 9.90 Å². The molecule has 21 heavy (non-hydrogen) atoms. The van der Waals surface area contributed by atoms with Crippen LogP contribution < -0.4 is 9.47 Å². The average Bonchev–Trinajstić information content (AvgIpc) is 2.51. The summed E-state index contributed by atoms with van der Waals surface area (Å²) < 4.78 is 14.7. The van der Waals surface area contributed by atoms with Crippen LogP contribution in [0.3, 0.4) is 0 Å². The topological polar surface area (TPSA) is 105 Å². The molecule has 0 heterocycles. The van der Waals surface area contributed by atoms with Crippen molar-refractivity contribution in [3.05, 3.63) is 23.8 Å². The van der Waals surface area contributed by atoms with Crippen molar-refractivity contribution < 1.29 is 34.3 Å². The molecule has 7 nitrogen and oxygen atoms in total. The summed E-state index contributed by atoms with van der Waals surface area (Å²) in [6, 6.07) is 3.04. The first-order valence-electron chi connectivity index (χ1n) is 6.10. The molecule has 0 aromatic heterocycles. The van der Waals surface area contributed by atoms with Crippen molar-refractivity contribution in [1.82, 2.24) is 0 Å². The van der Waals surface area contributed by atoms with Gasteiger partial charge >= 0.3 is 5.97 Å². The minimum atomic E-state index is -1.10. The molecule has 116 valence electrons. The third-order valence-electron chi connectivity index (χ3n) is 2.54. The van der Waals surface area contributed by atoms with Crippen molar-refractivity contribution >= 4 is 12.0 Å². The maximum atomic E-state index is 11.4. The van der Waals surface area contributed by atoms with Crippen molar-refractivity contribution in [2.45, 2.75) is 6.10 Å². The maximum absolute atomic E-state index is 11.4. The quantitative estimate of drug-likeness (QED) is 0.491. The van der Waals surface area contributed by atoms with Crippen molar-refractivity contribution in [3.8, 4) is 17.2 Å². The number of esters is 1. The van der Waals surface area contributed by atoms with E-state index in [-0.39, 0.29) is 23.9 Å². The molecule has 1 unspecified atom stereocenters. The Hall–Kier alpha value is -2.25. The largest absolute Gasteiger partial charge is 0.502 e. The van der Waals surface area contributed by atoms with Gasteiger partial charge in [-0.15, -0.1) is 0 Å². The highest BCUT2D eigenvalue weighted by molar-refractivity contribution is 5.87. The molecule has 0 fully saturated rings. The summed E-state index contributed by atoms with van der Waals surface area (Å²) in [4.78, 5) is 11.4. The van der Waals surface area contributed by atoms with E-state index in [1.54, 1.807) is 0 Å². The molecular formula is C14H18O7. The van der Waals surface area contributed by atoms with Gasteiger partial charge in [-0.2, -0.15) is 0 Å². The van der Waals surface area contributed by atoms with E-state index in [0.29, 0.717) is 5.56 Å². The molecule has 1 aromatic rings. The summed E-state index contributed by atoms with van der Waals surface area (Å²) in [6.07, 6.45) is 1.49. The number of phenols is 1. The molecular weight excluding hydrogens is 280 g/mol. The number of methoxy groups -OCH3 is 2. The highest BCUT2D eigenvalue weighted by atomic mass is 16.5. The van der Waals surface area contributed by atoms with Gasteiger partial charge in [-0.25, -0.2) is 4.79 Å². The number of aliphatic hydroxyl groups excluding tert-OH is 2. The molecule has 1 aromatic carbocycles. The van der Waals surface area contributed by atoms with Gasteiger partial charge in [-0.05, 0) is 23.8 Å². The zero-order valence-corrected chi connectivity index (χ0v) is 11.8. The Morgan fingerprint density at radius 3 is 2.33 bits per heavy atom. The molecule has 1 rings (SSSR count). The van der Waals surface area contributed by atoms with Gasteiger partial charge in [0, 0.05) is 6.08 Å². The van der Waals surface area contributed by atoms with Crippen molar-refractivity contribution in [2.24, 2.45) is 0 Å². The van der Waals surface area contributed by atoms with Crippen molar-refractivity contribution in [1.29, 1.82) is 0 Å². The second-order valence-electron chi connectivity index (χ2n) is 4.07. The fraction of sp³-hybridized carbons (Fsp3) is 0.357. The van der Waals surface area contributed by atoms with Crippen LogP contribution in [0.1, 0.15) is 5.56 Å². The van der Waals surface area contributed by atoms with Gasteiger partial charge in [-0.3, -0.25) is 0 Å². The molecule has 0 bridgehead atoms. The maximum Gasteiger partial charge on any atom is 0.330 e. The predicted octanol–water partition coefficient (Wildman–Crippen LogP) is 0.319. The first kappa shape index (κ1) is 16.8. The van der Waals surface area contributed by atoms with Gasteiger partial charge in [-0.1, -0.05) is 0 Å². The first-order chi connectivity index (χ1) is 10.0. The molecule has 3 N–H and O–H groups in total. The lowest BCUT2D eigenvalue weighted by Crippen LogP contribution is -2.21. The molecule has 0 saturated carbocycles. The van der Waals surface area contributed by atoms with Crippen LogP contribution in [-0.4, -0.2) is 54.8 Å². The fourth-order valence-electron chi connectivity index (χ4n) is 1.45. The number of rotatable bonds is 7. The molecule has 1 atom stereocenters. The van der Waals surface area contributed by atoms with Gasteiger partial charge in [0.1, 0.15) is 12.7 Å². The Labute approximate surface area is 122 Å². The van der Waals surface area contributed by atoms with Crippen LogP contribution in [0.4, 0.5) is 0 Å². The van der Waals surface area contributed by atoms with Gasteiger partial charge in [0.2, 0.25) is 5.75 Å². The number of phenolic OH excluding ortho intramolecular Hbond substituents is 1. The predicted molar refractivity (Wildman–Crippen MR) is 74.3 cm³/mol. The summed E-state index contributed by atoms with van der Waals surface area (Å²) in [5, 5.41) is 27.4. The highest BCUT2D eigenvalue weighted by Crippen LogP contribution is 2.37. The van der Waals surface area contributed by atoms with Crippen LogP contribution in [0.5, 0.6) is 17.2 Å². The summed E-state index contributed by atoms with van der Waals surface area (Å²) in [6.45, 7) is -0.773. The van der Waals surface area contributed by atoms with Crippen LogP contribution in [0.25, 0.3) is 6.08 Å². The standard InChI is InChI=1S/C14H18O7/c1-19-11-5-9(6-12(20-2)14(11)18)3-4-13(17)21-8-10(16)7-15/h3-6,10,15-16,18H,7-8H2,1-2H3/b4-3+. The number of carbonyl (C=O) groups excluding carboxylic acids is 1. The molecule has 0 aliphatic carbocycles. The SMILES string of the molecule is COc1cc(/C=C/C(=O)OCC(O)CO)cc(OC)c1O. The van der Waals surface area contributed by atoms with Gasteiger partial charge in [0.15, 0.2) is 11.5 Å². The molecule has 0 aliphatic heterocycles. The number of aliphatic hydroxyl groups is 2. The summed E-state index contributed by atoms with van der Waals surface area (Å²) >= 11 is 0. The van der Waals surface area contributed by atoms with Crippen LogP contribution in [-0.2, 0) is 9.53 Å². The van der Waals surface area contributed by atoms with Crippen LogP contribution in [0, 0.1) is 0 Å². The number of ether oxygens (including phenoxy) is 3. The smallest absolute Gasteiger partial charge is 0.330 e. The van der Waals surface area contributed by atoms with Gasteiger partial charge in [0.05, 0.1) is 20.8 Å². The summed E-state index contributed by atoms with van der Waals surface area (Å²) in [5.74, 6) is -0.393. The van der Waals surface area contributed by atoms with E-state index in [1.807, 2.05) is 0 Å². The Kier molecular flexibility index (Phi) is 6.51. The van der Waals surface area contributed by atoms with Gasteiger partial charge < -0.3 is 29.5 Å². The average molecular weight is 298 g/mol. The third-order valence-corrected chi connectivity index (χ3v) is 2.54. The monoisotopic (exact) mass is 298 g/mol. The van der Waals surface area contributed by atoms with E-state index >= 15 is 0 Å². The summed E-state index contributed by atoms with van der Waals surface area (Å²) in [7, 11) is 2.79. The molecule has 0 radical (unpaired) electrons. The Balaban J connectivity index is 2.78. The van der Waals surface area contributed by atoms with Crippen LogP contribution in [0.15, 0.2) is 18.2 Å². The van der Waals surface area contributed by atoms with Gasteiger partial charge in [0.25, 0.3) is 0 Å². The third kappa shape index (κ3) is 4.97. The van der Waals surface area contributed by atoms with Crippen molar-refractivity contribution in [2.75, 3.05) is 27.4 Å². The lowest BCUT2D eigenvalue weighted by molar-refractivity contribution is -0.141. The second kappa shape index (κ2) is 8.13. The van der Waals surface area contributed by atoms with Crippen LogP contribution in [0.2, 0.25) is 0 Å². The molecule has 0 amide bonds. The number of hydrogen-bond acceptors (Lipinski definition) is 7. The fourth-order valence-corrected chi connectivity index (χ4v) is 1.45. The van der Waals surface area contributed by atoms with Crippen LogP contribution >= 0.6 is 0 Å².